The molecule has 0 saturated carbocycles. The largest absolute Gasteiger partial charge is 0.490 e. The number of nitro benzene ring substituents is 1. The first-order chi connectivity index (χ1) is 9.61. The normalized spacial score (nSPS) is 13.8. The third-order valence-electron chi connectivity index (χ3n) is 2.94. The average molecular weight is 271 g/mol. The van der Waals surface area contributed by atoms with Crippen LogP contribution in [-0.4, -0.2) is 17.8 Å². The van der Waals surface area contributed by atoms with E-state index in [-0.39, 0.29) is 17.2 Å². The molecule has 0 fully saturated rings. The number of hydrogen-bond acceptors (Lipinski definition) is 4. The maximum Gasteiger partial charge on any atom is 0.311 e. The Hall–Kier alpha value is -2.65. The van der Waals surface area contributed by atoms with Gasteiger partial charge < -0.3 is 4.74 Å². The lowest BCUT2D eigenvalue weighted by atomic mass is 10.0. The Bertz CT molecular complexity index is 652. The Labute approximate surface area is 116 Å². The zero-order chi connectivity index (χ0) is 14.5. The van der Waals surface area contributed by atoms with Crippen molar-refractivity contribution in [2.45, 2.75) is 12.8 Å². The van der Waals surface area contributed by atoms with Gasteiger partial charge in [-0.15, -0.1) is 5.73 Å². The molecular formula is C15H13NO4. The van der Waals surface area contributed by atoms with E-state index < -0.39 is 4.92 Å². The molecule has 20 heavy (non-hydrogen) atoms. The molecule has 1 aromatic carbocycles. The van der Waals surface area contributed by atoms with Crippen molar-refractivity contribution in [3.63, 3.8) is 0 Å². The van der Waals surface area contributed by atoms with E-state index in [1.807, 2.05) is 6.08 Å². The van der Waals surface area contributed by atoms with E-state index >= 15 is 0 Å². The molecule has 0 saturated heterocycles. The predicted octanol–water partition coefficient (Wildman–Crippen LogP) is 3.06. The van der Waals surface area contributed by atoms with Gasteiger partial charge in [0.2, 0.25) is 0 Å². The second kappa shape index (κ2) is 5.99. The smallest absolute Gasteiger partial charge is 0.311 e. The minimum atomic E-state index is -0.502. The average Bonchev–Trinajstić information content (AvgIpc) is 2.46. The van der Waals surface area contributed by atoms with E-state index in [2.05, 4.69) is 5.73 Å². The Kier molecular flexibility index (Phi) is 4.13. The molecule has 0 aromatic heterocycles. The SMILES string of the molecule is COc1ccc(C=C=C2CCC=CC2=O)cc1[N+](=O)[O-]. The minimum Gasteiger partial charge on any atom is -0.490 e. The molecule has 0 spiro atoms. The van der Waals surface area contributed by atoms with Crippen molar-refractivity contribution in [3.05, 3.63) is 57.3 Å². The van der Waals surface area contributed by atoms with Gasteiger partial charge in [-0.3, -0.25) is 14.9 Å². The van der Waals surface area contributed by atoms with Gasteiger partial charge in [-0.25, -0.2) is 0 Å². The van der Waals surface area contributed by atoms with Crippen LogP contribution in [0.5, 0.6) is 5.75 Å². The summed E-state index contributed by atoms with van der Waals surface area (Å²) in [5.74, 6) is 0.145. The molecule has 0 aliphatic heterocycles. The lowest BCUT2D eigenvalue weighted by Gasteiger charge is -2.03. The number of ether oxygens (including phenoxy) is 1. The predicted molar refractivity (Wildman–Crippen MR) is 74.5 cm³/mol. The van der Waals surface area contributed by atoms with Crippen LogP contribution in [0.2, 0.25) is 0 Å². The van der Waals surface area contributed by atoms with Crippen molar-refractivity contribution < 1.29 is 14.5 Å². The standard InChI is InChI=1S/C15H13NO4/c1-20-15-9-7-11(10-13(15)16(18)19)6-8-12-4-2-3-5-14(12)17/h3,5-7,9-10H,2,4H2,1H3. The quantitative estimate of drug-likeness (QED) is 0.366. The molecule has 1 aliphatic carbocycles. The van der Waals surface area contributed by atoms with Gasteiger partial charge in [0, 0.05) is 11.6 Å². The summed E-state index contributed by atoms with van der Waals surface area (Å²) in [6.45, 7) is 0. The summed E-state index contributed by atoms with van der Waals surface area (Å²) in [6, 6.07) is 4.61. The van der Waals surface area contributed by atoms with E-state index in [4.69, 9.17) is 4.74 Å². The van der Waals surface area contributed by atoms with Crippen molar-refractivity contribution in [2.24, 2.45) is 0 Å². The fourth-order valence-corrected chi connectivity index (χ4v) is 1.90. The second-order valence-electron chi connectivity index (χ2n) is 4.26. The first-order valence-corrected chi connectivity index (χ1v) is 6.10. The summed E-state index contributed by atoms with van der Waals surface area (Å²) in [6.07, 6.45) is 6.38. The number of rotatable bonds is 3. The Morgan fingerprint density at radius 2 is 2.25 bits per heavy atom. The highest BCUT2D eigenvalue weighted by molar-refractivity contribution is 6.04. The molecule has 102 valence electrons. The van der Waals surface area contributed by atoms with Crippen molar-refractivity contribution in [1.29, 1.82) is 0 Å². The maximum atomic E-state index is 11.6. The lowest BCUT2D eigenvalue weighted by Crippen LogP contribution is -2.01. The number of carbonyl (C=O) groups excluding carboxylic acids is 1. The van der Waals surface area contributed by atoms with Gasteiger partial charge in [0.25, 0.3) is 0 Å². The van der Waals surface area contributed by atoms with Gasteiger partial charge in [0.05, 0.1) is 12.0 Å². The number of nitro groups is 1. The van der Waals surface area contributed by atoms with Crippen molar-refractivity contribution in [3.8, 4) is 5.75 Å². The first kappa shape index (κ1) is 13.8. The van der Waals surface area contributed by atoms with Crippen molar-refractivity contribution in [2.75, 3.05) is 7.11 Å². The lowest BCUT2D eigenvalue weighted by molar-refractivity contribution is -0.385. The fourth-order valence-electron chi connectivity index (χ4n) is 1.90. The molecule has 1 aromatic rings. The van der Waals surface area contributed by atoms with Gasteiger partial charge in [0.1, 0.15) is 0 Å². The topological polar surface area (TPSA) is 69.4 Å². The Morgan fingerprint density at radius 3 is 2.90 bits per heavy atom. The minimum absolute atomic E-state index is 0.0597. The first-order valence-electron chi connectivity index (χ1n) is 6.10. The molecule has 0 N–H and O–H groups in total. The highest BCUT2D eigenvalue weighted by Gasteiger charge is 2.14. The van der Waals surface area contributed by atoms with Gasteiger partial charge in [-0.2, -0.15) is 0 Å². The number of allylic oxidation sites excluding steroid dienone is 3. The monoisotopic (exact) mass is 271 g/mol. The van der Waals surface area contributed by atoms with Crippen LogP contribution in [0.4, 0.5) is 5.69 Å². The number of benzene rings is 1. The molecule has 0 unspecified atom stereocenters. The van der Waals surface area contributed by atoms with Gasteiger partial charge in [0.15, 0.2) is 11.5 Å². The number of nitrogens with zero attached hydrogens (tertiary/aromatic N) is 1. The molecule has 0 atom stereocenters. The summed E-state index contributed by atoms with van der Waals surface area (Å²) in [5, 5.41) is 10.9. The molecule has 0 radical (unpaired) electrons. The number of ketones is 1. The third kappa shape index (κ3) is 3.02. The van der Waals surface area contributed by atoms with E-state index in [0.29, 0.717) is 17.6 Å². The molecule has 5 heteroatoms. The van der Waals surface area contributed by atoms with Crippen LogP contribution < -0.4 is 4.74 Å². The third-order valence-corrected chi connectivity index (χ3v) is 2.94. The van der Waals surface area contributed by atoms with Crippen LogP contribution in [0.3, 0.4) is 0 Å². The van der Waals surface area contributed by atoms with E-state index in [0.717, 1.165) is 6.42 Å². The van der Waals surface area contributed by atoms with E-state index in [1.165, 1.54) is 25.3 Å². The van der Waals surface area contributed by atoms with Crippen LogP contribution in [0, 0.1) is 10.1 Å². The summed E-state index contributed by atoms with van der Waals surface area (Å²) >= 11 is 0. The molecule has 2 rings (SSSR count). The molecule has 5 nitrogen and oxygen atoms in total. The van der Waals surface area contributed by atoms with E-state index in [1.54, 1.807) is 12.1 Å². The van der Waals surface area contributed by atoms with Crippen LogP contribution in [0.15, 0.2) is 41.7 Å². The van der Waals surface area contributed by atoms with Crippen molar-refractivity contribution in [1.82, 2.24) is 0 Å². The molecule has 0 amide bonds. The number of hydrogen-bond donors (Lipinski definition) is 0. The fraction of sp³-hybridized carbons (Fsp3) is 0.200. The zero-order valence-corrected chi connectivity index (χ0v) is 11.0. The Morgan fingerprint density at radius 1 is 1.45 bits per heavy atom. The summed E-state index contributed by atoms with van der Waals surface area (Å²) in [5.41, 5.74) is 4.00. The van der Waals surface area contributed by atoms with Crippen LogP contribution in [0.25, 0.3) is 6.08 Å². The van der Waals surface area contributed by atoms with Crippen LogP contribution in [-0.2, 0) is 4.79 Å². The number of methoxy groups -OCH3 is 1. The van der Waals surface area contributed by atoms with Gasteiger partial charge in [-0.05, 0) is 36.6 Å². The molecule has 0 bridgehead atoms. The summed E-state index contributed by atoms with van der Waals surface area (Å²) in [4.78, 5) is 22.0. The van der Waals surface area contributed by atoms with Crippen molar-refractivity contribution >= 4 is 17.5 Å². The van der Waals surface area contributed by atoms with Crippen LogP contribution >= 0.6 is 0 Å². The second-order valence-corrected chi connectivity index (χ2v) is 4.26. The number of carbonyl (C=O) groups is 1. The zero-order valence-electron chi connectivity index (χ0n) is 11.0. The van der Waals surface area contributed by atoms with Crippen LogP contribution in [0.1, 0.15) is 18.4 Å². The van der Waals surface area contributed by atoms with Gasteiger partial charge in [-0.1, -0.05) is 12.1 Å². The molecule has 1 aliphatic rings. The highest BCUT2D eigenvalue weighted by Crippen LogP contribution is 2.28. The van der Waals surface area contributed by atoms with Gasteiger partial charge >= 0.3 is 5.69 Å². The van der Waals surface area contributed by atoms with E-state index in [9.17, 15) is 14.9 Å². The highest BCUT2D eigenvalue weighted by atomic mass is 16.6. The molecule has 0 heterocycles. The summed E-state index contributed by atoms with van der Waals surface area (Å²) in [7, 11) is 1.38. The summed E-state index contributed by atoms with van der Waals surface area (Å²) < 4.78 is 4.93. The maximum absolute atomic E-state index is 11.6. The Balaban J connectivity index is 2.37. The molecular weight excluding hydrogens is 258 g/mol.